The Labute approximate surface area is 127 Å². The molecular weight excluding hydrogens is 292 g/mol. The average Bonchev–Trinajstić information content (AvgIpc) is 2.50. The monoisotopic (exact) mass is 310 g/mol. The van der Waals surface area contributed by atoms with Gasteiger partial charge in [-0.3, -0.25) is 14.4 Å². The molecule has 0 aliphatic carbocycles. The summed E-state index contributed by atoms with van der Waals surface area (Å²) in [6.07, 6.45) is 0.466. The van der Waals surface area contributed by atoms with Crippen LogP contribution in [-0.2, 0) is 14.3 Å². The van der Waals surface area contributed by atoms with Crippen LogP contribution in [0.3, 0.4) is 0 Å². The summed E-state index contributed by atoms with van der Waals surface area (Å²) < 4.78 is 4.72. The standard InChI is InChI=1S/C15H18O5S/c1-3-13(15(19)20-2)21-11-6-4-10(5-7-11)12(16)8-9-14(17)18/h4-7,13H,3,8-9H2,1-2H3,(H,17,18). The Bertz CT molecular complexity index is 509. The zero-order chi connectivity index (χ0) is 15.8. The number of Topliss-reactive ketones (excluding diaryl/α,β-unsaturated/α-hetero) is 1. The Hall–Kier alpha value is -1.82. The maximum Gasteiger partial charge on any atom is 0.319 e. The smallest absolute Gasteiger partial charge is 0.319 e. The second kappa shape index (κ2) is 8.46. The van der Waals surface area contributed by atoms with E-state index in [1.807, 2.05) is 6.92 Å². The summed E-state index contributed by atoms with van der Waals surface area (Å²) in [4.78, 5) is 34.6. The molecule has 0 aromatic heterocycles. The lowest BCUT2D eigenvalue weighted by molar-refractivity contribution is -0.140. The van der Waals surface area contributed by atoms with Crippen LogP contribution in [0.15, 0.2) is 29.2 Å². The number of esters is 1. The van der Waals surface area contributed by atoms with Gasteiger partial charge in [-0.05, 0) is 18.6 Å². The first-order chi connectivity index (χ1) is 9.97. The molecule has 0 radical (unpaired) electrons. The first kappa shape index (κ1) is 17.2. The summed E-state index contributed by atoms with van der Waals surface area (Å²) in [7, 11) is 1.36. The molecule has 0 spiro atoms. The molecule has 1 atom stereocenters. The van der Waals surface area contributed by atoms with Crippen molar-refractivity contribution in [3.8, 4) is 0 Å². The summed E-state index contributed by atoms with van der Waals surface area (Å²) >= 11 is 1.38. The first-order valence-electron chi connectivity index (χ1n) is 6.57. The van der Waals surface area contributed by atoms with Gasteiger partial charge in [0.1, 0.15) is 5.25 Å². The lowest BCUT2D eigenvalue weighted by Crippen LogP contribution is -2.17. The molecule has 1 aromatic rings. The second-order valence-electron chi connectivity index (χ2n) is 4.38. The number of carboxylic acid groups (broad SMARTS) is 1. The maximum absolute atomic E-state index is 11.7. The van der Waals surface area contributed by atoms with E-state index in [1.165, 1.54) is 18.9 Å². The molecule has 1 N–H and O–H groups in total. The van der Waals surface area contributed by atoms with Crippen LogP contribution in [0.5, 0.6) is 0 Å². The van der Waals surface area contributed by atoms with E-state index >= 15 is 0 Å². The van der Waals surface area contributed by atoms with E-state index in [0.29, 0.717) is 12.0 Å². The van der Waals surface area contributed by atoms with E-state index in [-0.39, 0.29) is 29.8 Å². The number of aliphatic carboxylic acids is 1. The molecule has 5 nitrogen and oxygen atoms in total. The molecule has 1 unspecified atom stereocenters. The molecule has 1 rings (SSSR count). The Morgan fingerprint density at radius 3 is 2.29 bits per heavy atom. The van der Waals surface area contributed by atoms with Gasteiger partial charge in [-0.25, -0.2) is 0 Å². The highest BCUT2D eigenvalue weighted by molar-refractivity contribution is 8.00. The van der Waals surface area contributed by atoms with Gasteiger partial charge in [-0.2, -0.15) is 0 Å². The number of ether oxygens (including phenoxy) is 1. The van der Waals surface area contributed by atoms with Crippen LogP contribution in [0.1, 0.15) is 36.5 Å². The summed E-state index contributed by atoms with van der Waals surface area (Å²) in [5, 5.41) is 8.28. The highest BCUT2D eigenvalue weighted by Crippen LogP contribution is 2.26. The maximum atomic E-state index is 11.7. The first-order valence-corrected chi connectivity index (χ1v) is 7.45. The van der Waals surface area contributed by atoms with Crippen molar-refractivity contribution in [2.75, 3.05) is 7.11 Å². The number of rotatable bonds is 8. The van der Waals surface area contributed by atoms with Crippen LogP contribution in [-0.4, -0.2) is 35.2 Å². The van der Waals surface area contributed by atoms with Gasteiger partial charge in [0.05, 0.1) is 13.5 Å². The molecule has 0 bridgehead atoms. The van der Waals surface area contributed by atoms with Gasteiger partial charge in [0.2, 0.25) is 0 Å². The normalized spacial score (nSPS) is 11.7. The number of benzene rings is 1. The van der Waals surface area contributed by atoms with Crippen molar-refractivity contribution in [3.05, 3.63) is 29.8 Å². The number of methoxy groups -OCH3 is 1. The fourth-order valence-corrected chi connectivity index (χ4v) is 2.66. The van der Waals surface area contributed by atoms with Crippen LogP contribution >= 0.6 is 11.8 Å². The van der Waals surface area contributed by atoms with Crippen LogP contribution in [0.25, 0.3) is 0 Å². The lowest BCUT2D eigenvalue weighted by atomic mass is 10.1. The minimum atomic E-state index is -0.987. The number of carbonyl (C=O) groups is 3. The van der Waals surface area contributed by atoms with Gasteiger partial charge in [0.25, 0.3) is 0 Å². The largest absolute Gasteiger partial charge is 0.481 e. The fraction of sp³-hybridized carbons (Fsp3) is 0.400. The molecule has 1 aromatic carbocycles. The Kier molecular flexibility index (Phi) is 6.94. The molecule has 0 heterocycles. The number of thioether (sulfide) groups is 1. The summed E-state index contributed by atoms with van der Waals surface area (Å²) in [6.45, 7) is 1.90. The SMILES string of the molecule is CCC(Sc1ccc(C(=O)CCC(=O)O)cc1)C(=O)OC. The molecule has 6 heteroatoms. The van der Waals surface area contributed by atoms with E-state index < -0.39 is 5.97 Å². The number of hydrogen-bond donors (Lipinski definition) is 1. The summed E-state index contributed by atoms with van der Waals surface area (Å²) in [6, 6.07) is 6.81. The van der Waals surface area contributed by atoms with E-state index in [1.54, 1.807) is 24.3 Å². The van der Waals surface area contributed by atoms with Crippen molar-refractivity contribution >= 4 is 29.5 Å². The van der Waals surface area contributed by atoms with Gasteiger partial charge in [0.15, 0.2) is 5.78 Å². The van der Waals surface area contributed by atoms with Crippen molar-refractivity contribution in [2.45, 2.75) is 36.3 Å². The minimum Gasteiger partial charge on any atom is -0.481 e. The molecule has 0 fully saturated rings. The third-order valence-corrected chi connectivity index (χ3v) is 4.21. The Balaban J connectivity index is 2.67. The molecule has 114 valence electrons. The third-order valence-electron chi connectivity index (χ3n) is 2.86. The molecule has 0 aliphatic rings. The van der Waals surface area contributed by atoms with Crippen molar-refractivity contribution in [3.63, 3.8) is 0 Å². The zero-order valence-electron chi connectivity index (χ0n) is 12.0. The van der Waals surface area contributed by atoms with E-state index in [9.17, 15) is 14.4 Å². The second-order valence-corrected chi connectivity index (χ2v) is 5.66. The van der Waals surface area contributed by atoms with Gasteiger partial charge in [0, 0.05) is 16.9 Å². The highest BCUT2D eigenvalue weighted by atomic mass is 32.2. The molecule has 0 saturated heterocycles. The topological polar surface area (TPSA) is 80.7 Å². The fourth-order valence-electron chi connectivity index (χ4n) is 1.68. The van der Waals surface area contributed by atoms with Crippen molar-refractivity contribution < 1.29 is 24.2 Å². The van der Waals surface area contributed by atoms with E-state index in [0.717, 1.165) is 4.90 Å². The van der Waals surface area contributed by atoms with E-state index in [2.05, 4.69) is 0 Å². The molecule has 21 heavy (non-hydrogen) atoms. The van der Waals surface area contributed by atoms with Crippen LogP contribution in [0, 0.1) is 0 Å². The number of hydrogen-bond acceptors (Lipinski definition) is 5. The molecule has 0 saturated carbocycles. The predicted molar refractivity (Wildman–Crippen MR) is 79.6 cm³/mol. The van der Waals surface area contributed by atoms with E-state index in [4.69, 9.17) is 9.84 Å². The number of carbonyl (C=O) groups excluding carboxylic acids is 2. The minimum absolute atomic E-state index is 0.0123. The summed E-state index contributed by atoms with van der Waals surface area (Å²) in [5.41, 5.74) is 0.478. The van der Waals surface area contributed by atoms with Crippen LogP contribution < -0.4 is 0 Å². The average molecular weight is 310 g/mol. The van der Waals surface area contributed by atoms with Crippen LogP contribution in [0.4, 0.5) is 0 Å². The molecular formula is C15H18O5S. The molecule has 0 amide bonds. The lowest BCUT2D eigenvalue weighted by Gasteiger charge is -2.12. The zero-order valence-corrected chi connectivity index (χ0v) is 12.8. The van der Waals surface area contributed by atoms with Gasteiger partial charge in [-0.15, -0.1) is 11.8 Å². The van der Waals surface area contributed by atoms with Crippen LogP contribution in [0.2, 0.25) is 0 Å². The Morgan fingerprint density at radius 2 is 1.81 bits per heavy atom. The van der Waals surface area contributed by atoms with Crippen molar-refractivity contribution in [2.24, 2.45) is 0 Å². The number of carboxylic acids is 1. The quantitative estimate of drug-likeness (QED) is 0.452. The number of ketones is 1. The Morgan fingerprint density at radius 1 is 1.19 bits per heavy atom. The van der Waals surface area contributed by atoms with Gasteiger partial charge < -0.3 is 9.84 Å². The predicted octanol–water partition coefficient (Wildman–Crippen LogP) is 2.78. The van der Waals surface area contributed by atoms with Gasteiger partial charge in [-0.1, -0.05) is 19.1 Å². The molecule has 0 aliphatic heterocycles. The third kappa shape index (κ3) is 5.59. The van der Waals surface area contributed by atoms with Crippen molar-refractivity contribution in [1.82, 2.24) is 0 Å². The van der Waals surface area contributed by atoms with Gasteiger partial charge >= 0.3 is 11.9 Å². The summed E-state index contributed by atoms with van der Waals surface area (Å²) in [5.74, 6) is -1.46. The highest BCUT2D eigenvalue weighted by Gasteiger charge is 2.18. The van der Waals surface area contributed by atoms with Crippen molar-refractivity contribution in [1.29, 1.82) is 0 Å².